The summed E-state index contributed by atoms with van der Waals surface area (Å²) < 4.78 is 0. The molecule has 0 fully saturated rings. The monoisotopic (exact) mass is 204 g/mol. The number of likely N-dealkylation sites (N-methyl/N-ethyl adjacent to an activating group) is 1. The number of anilines is 2. The molecule has 0 aromatic heterocycles. The first-order valence-electron chi connectivity index (χ1n) is 5.34. The highest BCUT2D eigenvalue weighted by atomic mass is 16.2. The van der Waals surface area contributed by atoms with E-state index in [-0.39, 0.29) is 5.91 Å². The van der Waals surface area contributed by atoms with Crippen LogP contribution in [-0.4, -0.2) is 26.0 Å². The molecule has 1 heterocycles. The summed E-state index contributed by atoms with van der Waals surface area (Å²) in [4.78, 5) is 15.7. The third-order valence-electron chi connectivity index (χ3n) is 2.70. The molecule has 0 saturated heterocycles. The van der Waals surface area contributed by atoms with Crippen LogP contribution >= 0.6 is 0 Å². The SMILES string of the molecule is CCCN1C(=O)CN(C)c2ccccc21. The fraction of sp³-hybridized carbons (Fsp3) is 0.417. The highest BCUT2D eigenvalue weighted by molar-refractivity contribution is 6.03. The van der Waals surface area contributed by atoms with E-state index in [1.54, 1.807) is 0 Å². The molecule has 80 valence electrons. The molecule has 1 amide bonds. The van der Waals surface area contributed by atoms with Gasteiger partial charge >= 0.3 is 0 Å². The maximum absolute atomic E-state index is 11.8. The van der Waals surface area contributed by atoms with Gasteiger partial charge in [0, 0.05) is 13.6 Å². The minimum Gasteiger partial charge on any atom is -0.364 e. The minimum atomic E-state index is 0.193. The maximum Gasteiger partial charge on any atom is 0.246 e. The van der Waals surface area contributed by atoms with Crippen molar-refractivity contribution in [1.82, 2.24) is 0 Å². The summed E-state index contributed by atoms with van der Waals surface area (Å²) in [5, 5.41) is 0. The van der Waals surface area contributed by atoms with Crippen LogP contribution in [0.15, 0.2) is 24.3 Å². The molecule has 0 unspecified atom stereocenters. The van der Waals surface area contributed by atoms with Gasteiger partial charge < -0.3 is 9.80 Å². The first kappa shape index (κ1) is 10.0. The molecule has 1 aromatic rings. The molecular formula is C12H16N2O. The van der Waals surface area contributed by atoms with E-state index in [0.29, 0.717) is 6.54 Å². The Morgan fingerprint density at radius 1 is 1.27 bits per heavy atom. The van der Waals surface area contributed by atoms with Gasteiger partial charge in [0.2, 0.25) is 5.91 Å². The molecule has 0 saturated carbocycles. The standard InChI is InChI=1S/C12H16N2O/c1-3-8-14-11-7-5-4-6-10(11)13(2)9-12(14)15/h4-7H,3,8-9H2,1-2H3. The molecule has 3 nitrogen and oxygen atoms in total. The largest absolute Gasteiger partial charge is 0.364 e. The van der Waals surface area contributed by atoms with Crippen molar-refractivity contribution in [2.24, 2.45) is 0 Å². The number of fused-ring (bicyclic) bond motifs is 1. The third-order valence-corrected chi connectivity index (χ3v) is 2.70. The van der Waals surface area contributed by atoms with E-state index in [9.17, 15) is 4.79 Å². The van der Waals surface area contributed by atoms with Gasteiger partial charge in [0.05, 0.1) is 17.9 Å². The Balaban J connectivity index is 2.42. The number of hydrogen-bond acceptors (Lipinski definition) is 2. The van der Waals surface area contributed by atoms with Crippen LogP contribution in [0.25, 0.3) is 0 Å². The molecule has 1 aliphatic heterocycles. The second-order valence-corrected chi connectivity index (χ2v) is 3.89. The lowest BCUT2D eigenvalue weighted by Gasteiger charge is -2.35. The van der Waals surface area contributed by atoms with Crippen LogP contribution in [0.1, 0.15) is 13.3 Å². The van der Waals surface area contributed by atoms with Gasteiger partial charge in [-0.15, -0.1) is 0 Å². The van der Waals surface area contributed by atoms with Crippen molar-refractivity contribution < 1.29 is 4.79 Å². The van der Waals surface area contributed by atoms with Crippen LogP contribution < -0.4 is 9.80 Å². The molecule has 3 heteroatoms. The number of hydrogen-bond donors (Lipinski definition) is 0. The Labute approximate surface area is 90.3 Å². The Kier molecular flexibility index (Phi) is 2.62. The van der Waals surface area contributed by atoms with Gasteiger partial charge in [-0.2, -0.15) is 0 Å². The van der Waals surface area contributed by atoms with E-state index in [2.05, 4.69) is 13.0 Å². The van der Waals surface area contributed by atoms with Crippen molar-refractivity contribution in [2.75, 3.05) is 29.9 Å². The Morgan fingerprint density at radius 3 is 2.60 bits per heavy atom. The van der Waals surface area contributed by atoms with Gasteiger partial charge in [-0.25, -0.2) is 0 Å². The first-order chi connectivity index (χ1) is 7.24. The molecule has 0 N–H and O–H groups in total. The molecule has 0 atom stereocenters. The topological polar surface area (TPSA) is 23.6 Å². The lowest BCUT2D eigenvalue weighted by molar-refractivity contribution is -0.117. The molecule has 0 spiro atoms. The number of rotatable bonds is 2. The van der Waals surface area contributed by atoms with Crippen LogP contribution in [0.4, 0.5) is 11.4 Å². The van der Waals surface area contributed by atoms with Gasteiger partial charge in [0.25, 0.3) is 0 Å². The van der Waals surface area contributed by atoms with Crippen LogP contribution in [0.5, 0.6) is 0 Å². The van der Waals surface area contributed by atoms with E-state index in [4.69, 9.17) is 0 Å². The van der Waals surface area contributed by atoms with E-state index >= 15 is 0 Å². The summed E-state index contributed by atoms with van der Waals surface area (Å²) in [6, 6.07) is 8.06. The van der Waals surface area contributed by atoms with Crippen LogP contribution in [0.3, 0.4) is 0 Å². The Bertz CT molecular complexity index is 376. The van der Waals surface area contributed by atoms with E-state index < -0.39 is 0 Å². The smallest absolute Gasteiger partial charge is 0.246 e. The zero-order chi connectivity index (χ0) is 10.8. The summed E-state index contributed by atoms with van der Waals surface area (Å²) in [5.41, 5.74) is 2.18. The van der Waals surface area contributed by atoms with Crippen molar-refractivity contribution in [3.05, 3.63) is 24.3 Å². The summed E-state index contributed by atoms with van der Waals surface area (Å²) in [7, 11) is 1.96. The van der Waals surface area contributed by atoms with Crippen molar-refractivity contribution >= 4 is 17.3 Å². The fourth-order valence-electron chi connectivity index (χ4n) is 1.99. The van der Waals surface area contributed by atoms with Gasteiger partial charge in [-0.1, -0.05) is 19.1 Å². The van der Waals surface area contributed by atoms with Crippen LogP contribution in [0, 0.1) is 0 Å². The number of carbonyl (C=O) groups is 1. The number of amides is 1. The third kappa shape index (κ3) is 1.69. The number of nitrogens with zero attached hydrogens (tertiary/aromatic N) is 2. The van der Waals surface area contributed by atoms with Crippen LogP contribution in [-0.2, 0) is 4.79 Å². The molecule has 15 heavy (non-hydrogen) atoms. The molecule has 1 aliphatic rings. The Hall–Kier alpha value is -1.51. The quantitative estimate of drug-likeness (QED) is 0.734. The second-order valence-electron chi connectivity index (χ2n) is 3.89. The van der Waals surface area contributed by atoms with Crippen molar-refractivity contribution in [3.63, 3.8) is 0 Å². The molecule has 1 aromatic carbocycles. The lowest BCUT2D eigenvalue weighted by atomic mass is 10.1. The predicted octanol–water partition coefficient (Wildman–Crippen LogP) is 1.88. The highest BCUT2D eigenvalue weighted by Crippen LogP contribution is 2.32. The van der Waals surface area contributed by atoms with Crippen LogP contribution in [0.2, 0.25) is 0 Å². The zero-order valence-corrected chi connectivity index (χ0v) is 9.23. The summed E-state index contributed by atoms with van der Waals surface area (Å²) in [6.07, 6.45) is 0.990. The average molecular weight is 204 g/mol. The zero-order valence-electron chi connectivity index (χ0n) is 9.23. The maximum atomic E-state index is 11.8. The number of carbonyl (C=O) groups excluding carboxylic acids is 1. The van der Waals surface area contributed by atoms with Crippen molar-refractivity contribution in [3.8, 4) is 0 Å². The van der Waals surface area contributed by atoms with E-state index in [1.807, 2.05) is 35.0 Å². The van der Waals surface area contributed by atoms with Crippen molar-refractivity contribution in [2.45, 2.75) is 13.3 Å². The average Bonchev–Trinajstić information content (AvgIpc) is 2.24. The molecular weight excluding hydrogens is 188 g/mol. The molecule has 2 rings (SSSR count). The normalized spacial score (nSPS) is 15.5. The van der Waals surface area contributed by atoms with Gasteiger partial charge in [0.15, 0.2) is 0 Å². The number of para-hydroxylation sites is 2. The highest BCUT2D eigenvalue weighted by Gasteiger charge is 2.25. The van der Waals surface area contributed by atoms with Crippen molar-refractivity contribution in [1.29, 1.82) is 0 Å². The summed E-state index contributed by atoms with van der Waals surface area (Å²) in [6.45, 7) is 3.38. The van der Waals surface area contributed by atoms with Gasteiger partial charge in [-0.3, -0.25) is 4.79 Å². The summed E-state index contributed by atoms with van der Waals surface area (Å²) >= 11 is 0. The molecule has 0 bridgehead atoms. The predicted molar refractivity (Wildman–Crippen MR) is 62.4 cm³/mol. The fourth-order valence-corrected chi connectivity index (χ4v) is 1.99. The summed E-state index contributed by atoms with van der Waals surface area (Å²) in [5.74, 6) is 0.193. The van der Waals surface area contributed by atoms with E-state index in [1.165, 1.54) is 0 Å². The molecule has 0 aliphatic carbocycles. The van der Waals surface area contributed by atoms with Gasteiger partial charge in [0.1, 0.15) is 0 Å². The minimum absolute atomic E-state index is 0.193. The van der Waals surface area contributed by atoms with E-state index in [0.717, 1.165) is 24.3 Å². The Morgan fingerprint density at radius 2 is 1.93 bits per heavy atom. The lowest BCUT2D eigenvalue weighted by Crippen LogP contribution is -2.44. The first-order valence-corrected chi connectivity index (χ1v) is 5.34. The second kappa shape index (κ2) is 3.93. The number of benzene rings is 1. The van der Waals surface area contributed by atoms with Gasteiger partial charge in [-0.05, 0) is 18.6 Å². The molecule has 0 radical (unpaired) electrons.